The van der Waals surface area contributed by atoms with Crippen LogP contribution in [0.4, 0.5) is 0 Å². The summed E-state index contributed by atoms with van der Waals surface area (Å²) in [5.74, 6) is 0.513. The molecule has 4 nitrogen and oxygen atoms in total. The highest BCUT2D eigenvalue weighted by Crippen LogP contribution is 2.16. The molecule has 1 heterocycles. The standard InChI is InChI=1S/C19H14BrNO3S/c1-24-14-8-6-12(7-9-14)16(22)11-18-21-19(23)17(25-18)10-13-4-2-3-5-15(13)20/h2-11H,1H3,(H,21,23). The molecule has 0 aliphatic heterocycles. The molecule has 0 fully saturated rings. The fourth-order valence-electron chi connectivity index (χ4n) is 2.22. The molecule has 0 amide bonds. The highest BCUT2D eigenvalue weighted by atomic mass is 79.9. The van der Waals surface area contributed by atoms with Crippen LogP contribution in [-0.4, -0.2) is 17.9 Å². The van der Waals surface area contributed by atoms with Crippen LogP contribution in [0, 0.1) is 0 Å². The number of rotatable bonds is 4. The van der Waals surface area contributed by atoms with E-state index in [2.05, 4.69) is 20.9 Å². The van der Waals surface area contributed by atoms with Crippen molar-refractivity contribution in [2.75, 3.05) is 7.11 Å². The molecule has 1 aromatic heterocycles. The Morgan fingerprint density at radius 2 is 1.88 bits per heavy atom. The zero-order valence-electron chi connectivity index (χ0n) is 13.3. The van der Waals surface area contributed by atoms with Gasteiger partial charge in [-0.25, -0.2) is 0 Å². The van der Waals surface area contributed by atoms with Crippen molar-refractivity contribution < 1.29 is 9.53 Å². The van der Waals surface area contributed by atoms with Crippen LogP contribution in [0.3, 0.4) is 0 Å². The molecule has 3 rings (SSSR count). The Kier molecular flexibility index (Phi) is 5.31. The quantitative estimate of drug-likeness (QED) is 0.666. The monoisotopic (exact) mass is 415 g/mol. The van der Waals surface area contributed by atoms with Gasteiger partial charge in [0.25, 0.3) is 5.56 Å². The fraction of sp³-hybridized carbons (Fsp3) is 0.0526. The highest BCUT2D eigenvalue weighted by molar-refractivity contribution is 9.10. The van der Waals surface area contributed by atoms with Gasteiger partial charge < -0.3 is 9.72 Å². The van der Waals surface area contributed by atoms with E-state index >= 15 is 0 Å². The minimum Gasteiger partial charge on any atom is -0.497 e. The first-order valence-electron chi connectivity index (χ1n) is 7.42. The number of ether oxygens (including phenoxy) is 1. The number of ketones is 1. The predicted octanol–water partition coefficient (Wildman–Crippen LogP) is 2.70. The number of halogens is 1. The number of hydrogen-bond acceptors (Lipinski definition) is 4. The Balaban J connectivity index is 1.96. The van der Waals surface area contributed by atoms with Crippen LogP contribution in [0.25, 0.3) is 12.2 Å². The molecule has 0 saturated heterocycles. The summed E-state index contributed by atoms with van der Waals surface area (Å²) < 4.78 is 7.04. The van der Waals surface area contributed by atoms with E-state index in [-0.39, 0.29) is 11.3 Å². The van der Waals surface area contributed by atoms with Crippen LogP contribution < -0.4 is 19.5 Å². The first kappa shape index (κ1) is 17.4. The van der Waals surface area contributed by atoms with Gasteiger partial charge in [0.1, 0.15) is 5.75 Å². The second kappa shape index (κ2) is 7.63. The zero-order chi connectivity index (χ0) is 17.8. The Labute approximate surface area is 156 Å². The summed E-state index contributed by atoms with van der Waals surface area (Å²) in [6.07, 6.45) is 3.23. The summed E-state index contributed by atoms with van der Waals surface area (Å²) in [4.78, 5) is 27.2. The van der Waals surface area contributed by atoms with Crippen molar-refractivity contribution in [2.24, 2.45) is 0 Å². The number of Topliss-reactive ketones (excluding diaryl/α,β-unsaturated/α-hetero) is 1. The van der Waals surface area contributed by atoms with E-state index in [4.69, 9.17) is 4.74 Å². The molecule has 0 aliphatic rings. The number of benzene rings is 2. The Bertz CT molecular complexity index is 1080. The van der Waals surface area contributed by atoms with Gasteiger partial charge in [0.2, 0.25) is 0 Å². The van der Waals surface area contributed by atoms with Crippen LogP contribution in [0.5, 0.6) is 5.75 Å². The number of methoxy groups -OCH3 is 1. The summed E-state index contributed by atoms with van der Waals surface area (Å²) in [6.45, 7) is 0. The Hall–Kier alpha value is -2.44. The van der Waals surface area contributed by atoms with E-state index in [1.165, 1.54) is 17.4 Å². The van der Waals surface area contributed by atoms with Crippen molar-refractivity contribution >= 4 is 45.2 Å². The maximum atomic E-state index is 12.3. The average molecular weight is 416 g/mol. The van der Waals surface area contributed by atoms with Crippen molar-refractivity contribution in [3.8, 4) is 5.75 Å². The third-order valence-corrected chi connectivity index (χ3v) is 5.19. The number of H-pyrrole nitrogens is 1. The van der Waals surface area contributed by atoms with E-state index in [9.17, 15) is 9.59 Å². The van der Waals surface area contributed by atoms with E-state index in [0.717, 1.165) is 10.0 Å². The molecule has 0 bridgehead atoms. The number of carbonyl (C=O) groups is 1. The summed E-state index contributed by atoms with van der Waals surface area (Å²) in [7, 11) is 1.57. The molecule has 0 spiro atoms. The van der Waals surface area contributed by atoms with Gasteiger partial charge in [-0.15, -0.1) is 11.3 Å². The number of hydrogen-bond donors (Lipinski definition) is 1. The van der Waals surface area contributed by atoms with Crippen molar-refractivity contribution in [3.05, 3.63) is 83.7 Å². The smallest absolute Gasteiger partial charge is 0.266 e. The molecule has 0 atom stereocenters. The molecule has 0 aliphatic carbocycles. The molecule has 3 aromatic rings. The summed E-state index contributed by atoms with van der Waals surface area (Å²) in [5, 5.41) is 0. The van der Waals surface area contributed by atoms with Crippen LogP contribution in [0.2, 0.25) is 0 Å². The SMILES string of the molecule is COc1ccc(C(=O)C=c2[nH]c(=O)c(=Cc3ccccc3Br)s2)cc1. The summed E-state index contributed by atoms with van der Waals surface area (Å²) >= 11 is 4.70. The molecule has 0 saturated carbocycles. The lowest BCUT2D eigenvalue weighted by molar-refractivity contribution is 0.106. The van der Waals surface area contributed by atoms with Gasteiger partial charge in [-0.05, 0) is 42.0 Å². The van der Waals surface area contributed by atoms with E-state index in [1.54, 1.807) is 37.5 Å². The normalized spacial score (nSPS) is 12.4. The molecule has 25 heavy (non-hydrogen) atoms. The maximum absolute atomic E-state index is 12.3. The van der Waals surface area contributed by atoms with E-state index in [1.807, 2.05) is 24.3 Å². The molecule has 0 unspecified atom stereocenters. The number of aromatic amines is 1. The molecular weight excluding hydrogens is 402 g/mol. The molecular formula is C19H14BrNO3S. The number of nitrogens with one attached hydrogen (secondary N) is 1. The highest BCUT2D eigenvalue weighted by Gasteiger charge is 2.04. The maximum Gasteiger partial charge on any atom is 0.266 e. The molecule has 6 heteroatoms. The van der Waals surface area contributed by atoms with Crippen LogP contribution in [0.15, 0.2) is 57.8 Å². The first-order chi connectivity index (χ1) is 12.1. The predicted molar refractivity (Wildman–Crippen MR) is 104 cm³/mol. The Morgan fingerprint density at radius 1 is 1.16 bits per heavy atom. The summed E-state index contributed by atoms with van der Waals surface area (Å²) in [6, 6.07) is 14.5. The van der Waals surface area contributed by atoms with Gasteiger partial charge in [-0.1, -0.05) is 34.1 Å². The van der Waals surface area contributed by atoms with Crippen LogP contribution >= 0.6 is 27.3 Å². The minimum absolute atomic E-state index is 0.174. The zero-order valence-corrected chi connectivity index (χ0v) is 15.7. The largest absolute Gasteiger partial charge is 0.497 e. The van der Waals surface area contributed by atoms with Crippen LogP contribution in [-0.2, 0) is 0 Å². The topological polar surface area (TPSA) is 59.2 Å². The van der Waals surface area contributed by atoms with E-state index in [0.29, 0.717) is 20.5 Å². The molecule has 126 valence electrons. The van der Waals surface area contributed by atoms with Crippen molar-refractivity contribution in [1.82, 2.24) is 4.98 Å². The third kappa shape index (κ3) is 4.15. The lowest BCUT2D eigenvalue weighted by atomic mass is 10.1. The number of aromatic nitrogens is 1. The summed E-state index contributed by atoms with van der Waals surface area (Å²) in [5.41, 5.74) is 1.23. The van der Waals surface area contributed by atoms with Gasteiger partial charge in [-0.3, -0.25) is 9.59 Å². The Morgan fingerprint density at radius 3 is 2.56 bits per heavy atom. The lowest BCUT2D eigenvalue weighted by Crippen LogP contribution is -2.20. The molecule has 0 radical (unpaired) electrons. The lowest BCUT2D eigenvalue weighted by Gasteiger charge is -1.99. The van der Waals surface area contributed by atoms with Crippen molar-refractivity contribution in [1.29, 1.82) is 0 Å². The van der Waals surface area contributed by atoms with Gasteiger partial charge in [0, 0.05) is 16.1 Å². The van der Waals surface area contributed by atoms with Gasteiger partial charge >= 0.3 is 0 Å². The number of carbonyl (C=O) groups excluding carboxylic acids is 1. The average Bonchev–Trinajstić information content (AvgIpc) is 2.96. The fourth-order valence-corrected chi connectivity index (χ4v) is 3.49. The second-order valence-corrected chi connectivity index (χ2v) is 7.13. The van der Waals surface area contributed by atoms with Gasteiger partial charge in [-0.2, -0.15) is 0 Å². The van der Waals surface area contributed by atoms with Crippen molar-refractivity contribution in [3.63, 3.8) is 0 Å². The van der Waals surface area contributed by atoms with Crippen molar-refractivity contribution in [2.45, 2.75) is 0 Å². The van der Waals surface area contributed by atoms with Gasteiger partial charge in [0.05, 0.1) is 16.3 Å². The number of thiazole rings is 1. The van der Waals surface area contributed by atoms with E-state index < -0.39 is 0 Å². The van der Waals surface area contributed by atoms with Gasteiger partial charge in [0.15, 0.2) is 5.78 Å². The first-order valence-corrected chi connectivity index (χ1v) is 9.03. The molecule has 2 aromatic carbocycles. The van der Waals surface area contributed by atoms with Crippen LogP contribution in [0.1, 0.15) is 15.9 Å². The second-order valence-electron chi connectivity index (χ2n) is 5.19. The minimum atomic E-state index is -0.213. The third-order valence-electron chi connectivity index (χ3n) is 3.51. The molecule has 1 N–H and O–H groups in total.